The standard InChI is InChI=1S/C31H37N3O8/c1-33(2)24-20-12-16-10-18-17(13-34-7-4-3-5-8-34)11-19(15-6-9-42-14-15)25(35)22(18)26(36)21(16)28(38)31(20,41)29(39)23(27(24)37)30(32)40/h6,9,11,14,16,20,23-24,27,35-37,41H,3-5,7-8,10,12-13H2,1-2H3,(H2,32,40)/t16-,20-,23?,24-,27?,31-/m1/s1. The predicted molar refractivity (Wildman–Crippen MR) is 151 cm³/mol. The van der Waals surface area contributed by atoms with Gasteiger partial charge in [-0.3, -0.25) is 19.3 Å². The number of amides is 1. The second kappa shape index (κ2) is 10.3. The third-order valence-corrected chi connectivity index (χ3v) is 9.86. The van der Waals surface area contributed by atoms with E-state index in [9.17, 15) is 34.8 Å². The van der Waals surface area contributed by atoms with Gasteiger partial charge in [-0.2, -0.15) is 0 Å². The van der Waals surface area contributed by atoms with Gasteiger partial charge in [0.15, 0.2) is 11.4 Å². The molecule has 0 bridgehead atoms. The van der Waals surface area contributed by atoms with E-state index in [0.717, 1.165) is 31.5 Å². The maximum atomic E-state index is 14.2. The van der Waals surface area contributed by atoms with E-state index in [1.165, 1.54) is 18.9 Å². The number of likely N-dealkylation sites (tertiary alicyclic amines) is 1. The molecular formula is C31H37N3O8. The lowest BCUT2D eigenvalue weighted by Gasteiger charge is -2.53. The minimum absolute atomic E-state index is 0.0889. The number of nitrogens with zero attached hydrogens (tertiary/aromatic N) is 2. The van der Waals surface area contributed by atoms with Crippen molar-refractivity contribution in [2.75, 3.05) is 27.2 Å². The van der Waals surface area contributed by atoms with E-state index in [4.69, 9.17) is 10.2 Å². The average Bonchev–Trinajstić information content (AvgIpc) is 3.47. The molecule has 11 nitrogen and oxygen atoms in total. The van der Waals surface area contributed by atoms with Crippen LogP contribution >= 0.6 is 0 Å². The number of aliphatic hydroxyl groups excluding tert-OH is 2. The largest absolute Gasteiger partial charge is 0.507 e. The SMILES string of the molecule is CN(C)[C@H]1C(O)C(C(N)=O)C(=O)[C@]2(O)C(=O)C3=C(O)c4c(O)c(-c5ccoc5)cc(CN5CCCCC5)c4C[C@@H]3C[C@H]12. The highest BCUT2D eigenvalue weighted by Crippen LogP contribution is 2.53. The Labute approximate surface area is 243 Å². The maximum Gasteiger partial charge on any atom is 0.230 e. The number of piperidine rings is 1. The molecule has 1 aromatic heterocycles. The lowest BCUT2D eigenvalue weighted by Crippen LogP contribution is -2.73. The Balaban J connectivity index is 1.52. The second-order valence-electron chi connectivity index (χ2n) is 12.4. The van der Waals surface area contributed by atoms with Crippen LogP contribution in [0.3, 0.4) is 0 Å². The molecule has 3 aliphatic carbocycles. The summed E-state index contributed by atoms with van der Waals surface area (Å²) in [6, 6.07) is 2.67. The van der Waals surface area contributed by atoms with Crippen LogP contribution in [0.25, 0.3) is 16.9 Å². The number of nitrogens with two attached hydrogens (primary N) is 1. The number of carbonyl (C=O) groups is 3. The summed E-state index contributed by atoms with van der Waals surface area (Å²) in [5.41, 5.74) is 5.36. The van der Waals surface area contributed by atoms with Gasteiger partial charge in [-0.05, 0) is 82.0 Å². The van der Waals surface area contributed by atoms with Crippen molar-refractivity contribution in [1.82, 2.24) is 9.80 Å². The van der Waals surface area contributed by atoms with E-state index in [2.05, 4.69) is 4.90 Å². The average molecular weight is 580 g/mol. The third kappa shape index (κ3) is 4.13. The van der Waals surface area contributed by atoms with E-state index in [0.29, 0.717) is 23.2 Å². The van der Waals surface area contributed by atoms with Crippen molar-refractivity contribution in [3.8, 4) is 16.9 Å². The molecule has 1 aromatic carbocycles. The van der Waals surface area contributed by atoms with Crippen molar-refractivity contribution in [2.24, 2.45) is 23.5 Å². The summed E-state index contributed by atoms with van der Waals surface area (Å²) in [6.07, 6.45) is 5.14. The van der Waals surface area contributed by atoms with E-state index in [1.54, 1.807) is 25.1 Å². The van der Waals surface area contributed by atoms with Gasteiger partial charge in [-0.1, -0.05) is 6.42 Å². The van der Waals surface area contributed by atoms with Gasteiger partial charge in [-0.15, -0.1) is 0 Å². The number of carbonyl (C=O) groups excluding carboxylic acids is 3. The minimum Gasteiger partial charge on any atom is -0.507 e. The third-order valence-electron chi connectivity index (χ3n) is 9.86. The van der Waals surface area contributed by atoms with E-state index < -0.39 is 58.7 Å². The number of likely N-dealkylation sites (N-methyl/N-ethyl adjacent to an activating group) is 1. The summed E-state index contributed by atoms with van der Waals surface area (Å²) in [6.45, 7) is 2.43. The first-order valence-electron chi connectivity index (χ1n) is 14.5. The Kier molecular flexibility index (Phi) is 7.04. The molecule has 42 heavy (non-hydrogen) atoms. The van der Waals surface area contributed by atoms with Crippen molar-refractivity contribution in [1.29, 1.82) is 0 Å². The number of phenolic OH excluding ortho intramolecular Hbond substituents is 1. The first kappa shape index (κ1) is 28.6. The van der Waals surface area contributed by atoms with Gasteiger partial charge in [0.25, 0.3) is 0 Å². The molecular weight excluding hydrogens is 542 g/mol. The molecule has 2 heterocycles. The Bertz CT molecular complexity index is 1480. The number of primary amides is 1. The molecule has 2 unspecified atom stereocenters. The molecule has 4 aliphatic rings. The number of rotatable bonds is 5. The van der Waals surface area contributed by atoms with Gasteiger partial charge in [0.05, 0.1) is 24.2 Å². The zero-order chi connectivity index (χ0) is 30.1. The smallest absolute Gasteiger partial charge is 0.230 e. The molecule has 0 radical (unpaired) electrons. The number of Topliss-reactive ketones (excluding diaryl/α,β-unsaturated/α-hetero) is 2. The number of hydrogen-bond donors (Lipinski definition) is 5. The normalized spacial score (nSPS) is 31.6. The summed E-state index contributed by atoms with van der Waals surface area (Å²) in [4.78, 5) is 43.9. The molecule has 2 saturated carbocycles. The highest BCUT2D eigenvalue weighted by molar-refractivity contribution is 6.25. The zero-order valence-electron chi connectivity index (χ0n) is 23.7. The highest BCUT2D eigenvalue weighted by Gasteiger charge is 2.67. The Morgan fingerprint density at radius 3 is 2.52 bits per heavy atom. The van der Waals surface area contributed by atoms with Crippen molar-refractivity contribution in [3.05, 3.63) is 46.9 Å². The van der Waals surface area contributed by atoms with Crippen LogP contribution < -0.4 is 5.73 Å². The number of aromatic hydroxyl groups is 1. The van der Waals surface area contributed by atoms with Gasteiger partial charge in [-0.25, -0.2) is 0 Å². The monoisotopic (exact) mass is 579 g/mol. The Hall–Kier alpha value is -3.51. The summed E-state index contributed by atoms with van der Waals surface area (Å²) in [5.74, 6) is -7.49. The molecule has 0 spiro atoms. The lowest BCUT2D eigenvalue weighted by molar-refractivity contribution is -0.184. The number of hydrogen-bond acceptors (Lipinski definition) is 10. The predicted octanol–water partition coefficient (Wildman–Crippen LogP) is 1.37. The summed E-state index contributed by atoms with van der Waals surface area (Å²) in [7, 11) is 3.27. The van der Waals surface area contributed by atoms with E-state index in [1.807, 2.05) is 6.07 Å². The number of benzene rings is 1. The van der Waals surface area contributed by atoms with Crippen LogP contribution in [0.2, 0.25) is 0 Å². The van der Waals surface area contributed by atoms with Gasteiger partial charge in [0.1, 0.15) is 17.4 Å². The van der Waals surface area contributed by atoms with Crippen molar-refractivity contribution in [2.45, 2.75) is 56.4 Å². The molecule has 11 heteroatoms. The molecule has 2 aromatic rings. The van der Waals surface area contributed by atoms with Crippen LogP contribution in [0.4, 0.5) is 0 Å². The van der Waals surface area contributed by atoms with Crippen LogP contribution in [0.15, 0.2) is 34.6 Å². The summed E-state index contributed by atoms with van der Waals surface area (Å²) >= 11 is 0. The Morgan fingerprint density at radius 1 is 1.19 bits per heavy atom. The molecule has 224 valence electrons. The molecule has 6 rings (SSSR count). The number of phenols is 1. The molecule has 1 aliphatic heterocycles. The van der Waals surface area contributed by atoms with Gasteiger partial charge < -0.3 is 35.5 Å². The quantitative estimate of drug-likeness (QED) is 0.325. The number of ketones is 2. The van der Waals surface area contributed by atoms with Crippen molar-refractivity contribution < 1.29 is 39.2 Å². The first-order valence-corrected chi connectivity index (χ1v) is 14.5. The van der Waals surface area contributed by atoms with Crippen LogP contribution in [0.1, 0.15) is 42.4 Å². The fraction of sp³-hybridized carbons (Fsp3) is 0.516. The molecule has 1 saturated heterocycles. The van der Waals surface area contributed by atoms with Gasteiger partial charge >= 0.3 is 0 Å². The van der Waals surface area contributed by atoms with Crippen LogP contribution in [-0.4, -0.2) is 92.6 Å². The van der Waals surface area contributed by atoms with E-state index >= 15 is 0 Å². The number of furan rings is 1. The van der Waals surface area contributed by atoms with Crippen molar-refractivity contribution >= 4 is 23.2 Å². The van der Waals surface area contributed by atoms with E-state index in [-0.39, 0.29) is 29.7 Å². The molecule has 3 fully saturated rings. The second-order valence-corrected chi connectivity index (χ2v) is 12.4. The fourth-order valence-corrected chi connectivity index (χ4v) is 7.89. The fourth-order valence-electron chi connectivity index (χ4n) is 7.89. The van der Waals surface area contributed by atoms with Gasteiger partial charge in [0.2, 0.25) is 11.7 Å². The summed E-state index contributed by atoms with van der Waals surface area (Å²) in [5, 5.41) is 46.2. The first-order chi connectivity index (χ1) is 20.0. The van der Waals surface area contributed by atoms with Crippen LogP contribution in [0, 0.1) is 17.8 Å². The molecule has 6 N–H and O–H groups in total. The summed E-state index contributed by atoms with van der Waals surface area (Å²) < 4.78 is 5.26. The Morgan fingerprint density at radius 2 is 1.90 bits per heavy atom. The zero-order valence-corrected chi connectivity index (χ0v) is 23.7. The molecule has 6 atom stereocenters. The van der Waals surface area contributed by atoms with Crippen molar-refractivity contribution in [3.63, 3.8) is 0 Å². The van der Waals surface area contributed by atoms with Crippen LogP contribution in [0.5, 0.6) is 5.75 Å². The lowest BCUT2D eigenvalue weighted by atomic mass is 9.54. The van der Waals surface area contributed by atoms with Gasteiger partial charge in [0, 0.05) is 35.2 Å². The molecule has 1 amide bonds. The minimum atomic E-state index is -2.68. The highest BCUT2D eigenvalue weighted by atomic mass is 16.3. The van der Waals surface area contributed by atoms with Crippen LogP contribution in [-0.2, 0) is 27.3 Å². The topological polar surface area (TPSA) is 178 Å². The number of aliphatic hydroxyl groups is 3. The number of fused-ring (bicyclic) bond motifs is 3. The maximum absolute atomic E-state index is 14.2.